The Morgan fingerprint density at radius 3 is 2.41 bits per heavy atom. The van der Waals surface area contributed by atoms with Crippen molar-refractivity contribution >= 4 is 39.5 Å². The minimum Gasteiger partial charge on any atom is -0.452 e. The van der Waals surface area contributed by atoms with Crippen molar-refractivity contribution in [2.24, 2.45) is 0 Å². The molecule has 0 aliphatic rings. The minimum absolute atomic E-state index is 0.0499. The van der Waals surface area contributed by atoms with Crippen LogP contribution in [-0.2, 0) is 26.1 Å². The first-order valence-electron chi connectivity index (χ1n) is 8.25. The lowest BCUT2D eigenvalue weighted by atomic mass is 10.2. The number of hydrogen-bond donors (Lipinski definition) is 3. The number of esters is 1. The molecule has 0 bridgehead atoms. The molecule has 0 fully saturated rings. The molecule has 0 unspecified atom stereocenters. The van der Waals surface area contributed by atoms with Crippen LogP contribution in [0.25, 0.3) is 0 Å². The molecule has 3 N–H and O–H groups in total. The number of urea groups is 1. The van der Waals surface area contributed by atoms with Gasteiger partial charge in [0.1, 0.15) is 0 Å². The molecule has 0 aliphatic carbocycles. The monoisotopic (exact) mass is 439 g/mol. The second-order valence-electron chi connectivity index (χ2n) is 5.64. The summed E-state index contributed by atoms with van der Waals surface area (Å²) in [5, 5.41) is 4.44. The van der Waals surface area contributed by atoms with E-state index in [0.717, 1.165) is 11.6 Å². The van der Waals surface area contributed by atoms with Gasteiger partial charge in [-0.25, -0.2) is 22.7 Å². The van der Waals surface area contributed by atoms with Crippen molar-refractivity contribution in [3.63, 3.8) is 0 Å². The highest BCUT2D eigenvalue weighted by molar-refractivity contribution is 7.89. The molecule has 0 heterocycles. The predicted molar refractivity (Wildman–Crippen MR) is 105 cm³/mol. The number of hydrogen-bond acceptors (Lipinski definition) is 6. The Kier molecular flexibility index (Phi) is 7.71. The van der Waals surface area contributed by atoms with Gasteiger partial charge < -0.3 is 10.1 Å². The number of benzene rings is 2. The number of ether oxygens (including phenoxy) is 1. The fourth-order valence-electron chi connectivity index (χ4n) is 2.14. The van der Waals surface area contributed by atoms with Gasteiger partial charge in [-0.2, -0.15) is 0 Å². The minimum atomic E-state index is -3.80. The van der Waals surface area contributed by atoms with E-state index in [1.54, 1.807) is 12.1 Å². The van der Waals surface area contributed by atoms with Gasteiger partial charge in [0.25, 0.3) is 5.91 Å². The van der Waals surface area contributed by atoms with Crippen LogP contribution in [0.1, 0.15) is 15.9 Å². The van der Waals surface area contributed by atoms with E-state index >= 15 is 0 Å². The molecule has 0 radical (unpaired) electrons. The summed E-state index contributed by atoms with van der Waals surface area (Å²) in [7, 11) is -2.58. The Bertz CT molecular complexity index is 1010. The summed E-state index contributed by atoms with van der Waals surface area (Å²) in [5.74, 6) is -1.87. The molecule has 0 saturated heterocycles. The third-order valence-corrected chi connectivity index (χ3v) is 5.36. The standard InChI is InChI=1S/C18H18ClN3O6S/c1-20-29(26,27)13-7-8-15(19)14(9-13)17(24)28-11-16(23)22-18(25)21-10-12-5-3-2-4-6-12/h2-9,20H,10-11H2,1H3,(H2,21,22,23,25). The first kappa shape index (κ1) is 22.3. The van der Waals surface area contributed by atoms with Crippen molar-refractivity contribution in [2.45, 2.75) is 11.4 Å². The number of halogens is 1. The first-order chi connectivity index (χ1) is 13.7. The van der Waals surface area contributed by atoms with E-state index < -0.39 is 34.5 Å². The van der Waals surface area contributed by atoms with Crippen molar-refractivity contribution in [3.05, 3.63) is 64.7 Å². The zero-order valence-corrected chi connectivity index (χ0v) is 16.8. The van der Waals surface area contributed by atoms with Gasteiger partial charge in [0.05, 0.1) is 15.5 Å². The lowest BCUT2D eigenvalue weighted by Crippen LogP contribution is -2.41. The number of sulfonamides is 1. The highest BCUT2D eigenvalue weighted by Crippen LogP contribution is 2.21. The number of imide groups is 1. The Morgan fingerprint density at radius 2 is 1.76 bits per heavy atom. The maximum atomic E-state index is 12.1. The molecular weight excluding hydrogens is 422 g/mol. The number of amides is 3. The van der Waals surface area contributed by atoms with Crippen LogP contribution in [0, 0.1) is 0 Å². The number of nitrogens with one attached hydrogen (secondary N) is 3. The summed E-state index contributed by atoms with van der Waals surface area (Å²) in [4.78, 5) is 35.4. The average Bonchev–Trinajstić information content (AvgIpc) is 2.71. The van der Waals surface area contributed by atoms with Crippen molar-refractivity contribution < 1.29 is 27.5 Å². The molecule has 11 heteroatoms. The molecular formula is C18H18ClN3O6S. The average molecular weight is 440 g/mol. The second kappa shape index (κ2) is 10.0. The Balaban J connectivity index is 1.89. The van der Waals surface area contributed by atoms with Gasteiger partial charge >= 0.3 is 12.0 Å². The quantitative estimate of drug-likeness (QED) is 0.559. The van der Waals surface area contributed by atoms with E-state index in [1.807, 2.05) is 23.5 Å². The summed E-state index contributed by atoms with van der Waals surface area (Å²) < 4.78 is 30.6. The number of rotatable bonds is 7. The molecule has 29 heavy (non-hydrogen) atoms. The van der Waals surface area contributed by atoms with Crippen LogP contribution in [0.4, 0.5) is 4.79 Å². The number of carbonyl (C=O) groups is 3. The Labute approximate surface area is 172 Å². The van der Waals surface area contributed by atoms with Crippen LogP contribution in [-0.4, -0.2) is 40.0 Å². The van der Waals surface area contributed by atoms with Gasteiger partial charge in [-0.1, -0.05) is 41.9 Å². The molecule has 2 rings (SSSR count). The van der Waals surface area contributed by atoms with Crippen LogP contribution in [0.2, 0.25) is 5.02 Å². The first-order valence-corrected chi connectivity index (χ1v) is 10.1. The summed E-state index contributed by atoms with van der Waals surface area (Å²) in [6.45, 7) is -0.543. The molecule has 9 nitrogen and oxygen atoms in total. The largest absolute Gasteiger partial charge is 0.452 e. The van der Waals surface area contributed by atoms with Crippen LogP contribution in [0.15, 0.2) is 53.4 Å². The van der Waals surface area contributed by atoms with Crippen LogP contribution in [0.3, 0.4) is 0 Å². The Morgan fingerprint density at radius 1 is 1.07 bits per heavy atom. The summed E-state index contributed by atoms with van der Waals surface area (Å²) in [6.07, 6.45) is 0. The maximum absolute atomic E-state index is 12.1. The van der Waals surface area contributed by atoms with Gasteiger partial charge in [0.15, 0.2) is 6.61 Å². The molecule has 154 valence electrons. The molecule has 3 amide bonds. The zero-order valence-electron chi connectivity index (χ0n) is 15.3. The molecule has 0 aromatic heterocycles. The topological polar surface area (TPSA) is 131 Å². The smallest absolute Gasteiger partial charge is 0.340 e. The van der Waals surface area contributed by atoms with Gasteiger partial charge in [-0.05, 0) is 30.8 Å². The molecule has 2 aromatic rings. The SMILES string of the molecule is CNS(=O)(=O)c1ccc(Cl)c(C(=O)OCC(=O)NC(=O)NCc2ccccc2)c1. The van der Waals surface area contributed by atoms with E-state index in [-0.39, 0.29) is 22.0 Å². The van der Waals surface area contributed by atoms with Crippen molar-refractivity contribution in [2.75, 3.05) is 13.7 Å². The fourth-order valence-corrected chi connectivity index (χ4v) is 3.09. The van der Waals surface area contributed by atoms with Crippen molar-refractivity contribution in [3.8, 4) is 0 Å². The number of carbonyl (C=O) groups excluding carboxylic acids is 3. The predicted octanol–water partition coefficient (Wildman–Crippen LogP) is 1.43. The highest BCUT2D eigenvalue weighted by atomic mass is 35.5. The lowest BCUT2D eigenvalue weighted by Gasteiger charge is -2.09. The summed E-state index contributed by atoms with van der Waals surface area (Å²) >= 11 is 5.90. The summed E-state index contributed by atoms with van der Waals surface area (Å²) in [5.41, 5.74) is 0.608. The van der Waals surface area contributed by atoms with E-state index in [1.165, 1.54) is 19.2 Å². The molecule has 0 atom stereocenters. The third-order valence-electron chi connectivity index (χ3n) is 3.62. The maximum Gasteiger partial charge on any atom is 0.340 e. The highest BCUT2D eigenvalue weighted by Gasteiger charge is 2.19. The van der Waals surface area contributed by atoms with E-state index in [0.29, 0.717) is 0 Å². The van der Waals surface area contributed by atoms with E-state index in [4.69, 9.17) is 16.3 Å². The van der Waals surface area contributed by atoms with Gasteiger partial charge in [0.2, 0.25) is 10.0 Å². The van der Waals surface area contributed by atoms with Crippen LogP contribution >= 0.6 is 11.6 Å². The normalized spacial score (nSPS) is 10.8. The van der Waals surface area contributed by atoms with Crippen LogP contribution < -0.4 is 15.4 Å². The second-order valence-corrected chi connectivity index (χ2v) is 7.94. The molecule has 0 spiro atoms. The Hall–Kier alpha value is -2.95. The van der Waals surface area contributed by atoms with Gasteiger partial charge in [-0.15, -0.1) is 0 Å². The van der Waals surface area contributed by atoms with Gasteiger partial charge in [0, 0.05) is 6.54 Å². The molecule has 2 aromatic carbocycles. The lowest BCUT2D eigenvalue weighted by molar-refractivity contribution is -0.123. The molecule has 0 aliphatic heterocycles. The van der Waals surface area contributed by atoms with Crippen LogP contribution in [0.5, 0.6) is 0 Å². The third kappa shape index (κ3) is 6.56. The van der Waals surface area contributed by atoms with E-state index in [9.17, 15) is 22.8 Å². The van der Waals surface area contributed by atoms with Crippen molar-refractivity contribution in [1.82, 2.24) is 15.4 Å². The fraction of sp³-hybridized carbons (Fsp3) is 0.167. The van der Waals surface area contributed by atoms with Crippen molar-refractivity contribution in [1.29, 1.82) is 0 Å². The summed E-state index contributed by atoms with van der Waals surface area (Å²) in [6, 6.07) is 11.8. The zero-order chi connectivity index (χ0) is 21.4. The van der Waals surface area contributed by atoms with Gasteiger partial charge in [-0.3, -0.25) is 10.1 Å². The van der Waals surface area contributed by atoms with E-state index in [2.05, 4.69) is 10.0 Å². The molecule has 0 saturated carbocycles.